The van der Waals surface area contributed by atoms with E-state index in [0.29, 0.717) is 13.2 Å². The lowest BCUT2D eigenvalue weighted by molar-refractivity contribution is 0.153. The molecule has 0 atom stereocenters. The second-order valence-corrected chi connectivity index (χ2v) is 5.00. The molecule has 0 saturated heterocycles. The van der Waals surface area contributed by atoms with Gasteiger partial charge in [0.25, 0.3) is 0 Å². The van der Waals surface area contributed by atoms with Crippen molar-refractivity contribution in [1.82, 2.24) is 0 Å². The van der Waals surface area contributed by atoms with Gasteiger partial charge in [-0.3, -0.25) is 0 Å². The molecule has 1 N–H and O–H groups in total. The molecule has 24 heavy (non-hydrogen) atoms. The lowest BCUT2D eigenvalue weighted by Gasteiger charge is -1.99. The molecular weight excluding hydrogens is 300 g/mol. The molecule has 0 spiro atoms. The van der Waals surface area contributed by atoms with Crippen LogP contribution in [-0.2, 0) is 22.7 Å². The van der Waals surface area contributed by atoms with Crippen molar-refractivity contribution in [3.05, 3.63) is 71.8 Å². The molecule has 0 saturated carbocycles. The zero-order chi connectivity index (χ0) is 16.9. The van der Waals surface area contributed by atoms with Crippen LogP contribution in [0.4, 0.5) is 0 Å². The predicted molar refractivity (Wildman–Crippen MR) is 93.8 cm³/mol. The van der Waals surface area contributed by atoms with Crippen molar-refractivity contribution in [2.75, 3.05) is 13.2 Å². The van der Waals surface area contributed by atoms with Gasteiger partial charge in [0.15, 0.2) is 6.10 Å². The van der Waals surface area contributed by atoms with E-state index >= 15 is 0 Å². The van der Waals surface area contributed by atoms with Crippen LogP contribution in [0, 0.1) is 23.7 Å². The van der Waals surface area contributed by atoms with Crippen LogP contribution in [0.5, 0.6) is 0 Å². The average molecular weight is 320 g/mol. The number of hydrogen-bond donors (Lipinski definition) is 1. The van der Waals surface area contributed by atoms with Crippen molar-refractivity contribution in [3.8, 4) is 23.7 Å². The molecule has 0 aliphatic carbocycles. The highest BCUT2D eigenvalue weighted by molar-refractivity contribution is 5.20. The highest BCUT2D eigenvalue weighted by Gasteiger charge is 1.92. The van der Waals surface area contributed by atoms with E-state index in [4.69, 9.17) is 9.47 Å². The fourth-order valence-electron chi connectivity index (χ4n) is 1.90. The van der Waals surface area contributed by atoms with E-state index in [1.807, 2.05) is 60.7 Å². The van der Waals surface area contributed by atoms with E-state index in [-0.39, 0.29) is 13.2 Å². The van der Waals surface area contributed by atoms with Gasteiger partial charge in [-0.2, -0.15) is 0 Å². The van der Waals surface area contributed by atoms with Crippen LogP contribution in [0.3, 0.4) is 0 Å². The van der Waals surface area contributed by atoms with Crippen molar-refractivity contribution >= 4 is 0 Å². The normalized spacial score (nSPS) is 9.75. The molecule has 0 heterocycles. The maximum absolute atomic E-state index is 9.62. The van der Waals surface area contributed by atoms with Gasteiger partial charge in [-0.05, 0) is 11.1 Å². The van der Waals surface area contributed by atoms with E-state index in [1.165, 1.54) is 0 Å². The zero-order valence-corrected chi connectivity index (χ0v) is 13.4. The van der Waals surface area contributed by atoms with E-state index in [2.05, 4.69) is 23.7 Å². The molecule has 0 bridgehead atoms. The average Bonchev–Trinajstić information content (AvgIpc) is 2.63. The van der Waals surface area contributed by atoms with Gasteiger partial charge < -0.3 is 14.6 Å². The number of rotatable bonds is 6. The molecule has 0 aliphatic heterocycles. The molecule has 0 unspecified atom stereocenters. The Balaban J connectivity index is 1.59. The maximum atomic E-state index is 9.62. The topological polar surface area (TPSA) is 38.7 Å². The third-order valence-corrected chi connectivity index (χ3v) is 3.05. The van der Waals surface area contributed by atoms with Crippen LogP contribution in [-0.4, -0.2) is 24.4 Å². The quantitative estimate of drug-likeness (QED) is 0.657. The third-order valence-electron chi connectivity index (χ3n) is 3.05. The Labute approximate surface area is 143 Å². The highest BCUT2D eigenvalue weighted by atomic mass is 16.5. The lowest BCUT2D eigenvalue weighted by Crippen LogP contribution is -2.00. The summed E-state index contributed by atoms with van der Waals surface area (Å²) in [5.74, 6) is 10.8. The van der Waals surface area contributed by atoms with Crippen molar-refractivity contribution in [2.24, 2.45) is 0 Å². The Morgan fingerprint density at radius 1 is 0.708 bits per heavy atom. The van der Waals surface area contributed by atoms with Gasteiger partial charge in [-0.25, -0.2) is 0 Å². The van der Waals surface area contributed by atoms with Gasteiger partial charge in [0.05, 0.1) is 13.2 Å². The minimum atomic E-state index is -0.981. The number of benzene rings is 2. The van der Waals surface area contributed by atoms with Gasteiger partial charge in [0.2, 0.25) is 0 Å². The summed E-state index contributed by atoms with van der Waals surface area (Å²) in [7, 11) is 0. The molecule has 0 fully saturated rings. The van der Waals surface area contributed by atoms with E-state index in [9.17, 15) is 5.11 Å². The zero-order valence-electron chi connectivity index (χ0n) is 13.4. The number of hydrogen-bond acceptors (Lipinski definition) is 3. The fraction of sp³-hybridized carbons (Fsp3) is 0.238. The Kier molecular flexibility index (Phi) is 8.19. The van der Waals surface area contributed by atoms with E-state index < -0.39 is 6.10 Å². The predicted octanol–water partition coefficient (Wildman–Crippen LogP) is 2.79. The van der Waals surface area contributed by atoms with Crippen molar-refractivity contribution in [1.29, 1.82) is 0 Å². The van der Waals surface area contributed by atoms with Crippen molar-refractivity contribution in [3.63, 3.8) is 0 Å². The Hall–Kier alpha value is -2.56. The number of ether oxygens (including phenoxy) is 2. The number of aliphatic hydroxyl groups is 1. The van der Waals surface area contributed by atoms with Crippen LogP contribution in [0.2, 0.25) is 0 Å². The molecule has 0 aromatic heterocycles. The SMILES string of the molecule is OC(C#CCOCc1ccccc1)C#CCOCc1ccccc1. The van der Waals surface area contributed by atoms with Crippen LogP contribution in [0.25, 0.3) is 0 Å². The molecule has 0 aliphatic rings. The summed E-state index contributed by atoms with van der Waals surface area (Å²) in [4.78, 5) is 0. The standard InChI is InChI=1S/C21H20O3/c22-21(13-7-15-23-17-19-9-3-1-4-10-19)14-8-16-24-18-20-11-5-2-6-12-20/h1-6,9-12,21-22H,15-18H2. The first kappa shape index (κ1) is 17.8. The molecule has 2 aromatic carbocycles. The lowest BCUT2D eigenvalue weighted by atomic mass is 10.2. The summed E-state index contributed by atoms with van der Waals surface area (Å²) >= 11 is 0. The summed E-state index contributed by atoms with van der Waals surface area (Å²) in [6.07, 6.45) is -0.981. The molecular formula is C21H20O3. The summed E-state index contributed by atoms with van der Waals surface area (Å²) in [6.45, 7) is 1.53. The maximum Gasteiger partial charge on any atom is 0.176 e. The minimum Gasteiger partial charge on any atom is -0.369 e. The first-order valence-electron chi connectivity index (χ1n) is 7.73. The molecule has 2 rings (SSSR count). The summed E-state index contributed by atoms with van der Waals surface area (Å²) in [5, 5.41) is 9.62. The molecule has 0 radical (unpaired) electrons. The summed E-state index contributed by atoms with van der Waals surface area (Å²) < 4.78 is 10.8. The largest absolute Gasteiger partial charge is 0.369 e. The van der Waals surface area contributed by atoms with E-state index in [0.717, 1.165) is 11.1 Å². The van der Waals surface area contributed by atoms with Crippen molar-refractivity contribution < 1.29 is 14.6 Å². The van der Waals surface area contributed by atoms with Crippen LogP contribution >= 0.6 is 0 Å². The molecule has 3 nitrogen and oxygen atoms in total. The molecule has 2 aromatic rings. The Bertz CT molecular complexity index is 639. The summed E-state index contributed by atoms with van der Waals surface area (Å²) in [6, 6.07) is 19.7. The molecule has 3 heteroatoms. The van der Waals surface area contributed by atoms with Crippen LogP contribution in [0.1, 0.15) is 11.1 Å². The van der Waals surface area contributed by atoms with Gasteiger partial charge in [-0.1, -0.05) is 84.3 Å². The number of aliphatic hydroxyl groups excluding tert-OH is 1. The van der Waals surface area contributed by atoms with Gasteiger partial charge >= 0.3 is 0 Å². The van der Waals surface area contributed by atoms with E-state index in [1.54, 1.807) is 0 Å². The minimum absolute atomic E-state index is 0.262. The fourth-order valence-corrected chi connectivity index (χ4v) is 1.90. The monoisotopic (exact) mass is 320 g/mol. The third kappa shape index (κ3) is 7.63. The Morgan fingerprint density at radius 2 is 1.12 bits per heavy atom. The van der Waals surface area contributed by atoms with Crippen LogP contribution in [0.15, 0.2) is 60.7 Å². The van der Waals surface area contributed by atoms with Gasteiger partial charge in [0, 0.05) is 0 Å². The first-order valence-corrected chi connectivity index (χ1v) is 7.73. The second-order valence-electron chi connectivity index (χ2n) is 5.00. The second kappa shape index (κ2) is 11.0. The first-order chi connectivity index (χ1) is 11.8. The Morgan fingerprint density at radius 3 is 1.54 bits per heavy atom. The molecule has 0 amide bonds. The van der Waals surface area contributed by atoms with Gasteiger partial charge in [0.1, 0.15) is 13.2 Å². The van der Waals surface area contributed by atoms with Crippen molar-refractivity contribution in [2.45, 2.75) is 19.3 Å². The van der Waals surface area contributed by atoms with Gasteiger partial charge in [-0.15, -0.1) is 0 Å². The summed E-state index contributed by atoms with van der Waals surface area (Å²) in [5.41, 5.74) is 2.19. The van der Waals surface area contributed by atoms with Crippen LogP contribution < -0.4 is 0 Å². The highest BCUT2D eigenvalue weighted by Crippen LogP contribution is 2.00. The molecule has 122 valence electrons. The smallest absolute Gasteiger partial charge is 0.176 e.